The predicted molar refractivity (Wildman–Crippen MR) is 74.0 cm³/mol. The van der Waals surface area contributed by atoms with Crippen LogP contribution >= 0.6 is 0 Å². The van der Waals surface area contributed by atoms with Crippen molar-refractivity contribution in [2.45, 2.75) is 12.1 Å². The Morgan fingerprint density at radius 2 is 1.78 bits per heavy atom. The van der Waals surface area contributed by atoms with Gasteiger partial charge in [0, 0.05) is 51.9 Å². The molecule has 2 aliphatic rings. The van der Waals surface area contributed by atoms with E-state index in [1.165, 1.54) is 13.1 Å². The number of ether oxygens (including phenoxy) is 1. The van der Waals surface area contributed by atoms with Gasteiger partial charge in [0.2, 0.25) is 0 Å². The van der Waals surface area contributed by atoms with Crippen molar-refractivity contribution in [3.63, 3.8) is 0 Å². The third kappa shape index (κ3) is 4.17. The molecule has 0 radical (unpaired) electrons. The van der Waals surface area contributed by atoms with Gasteiger partial charge in [0.1, 0.15) is 0 Å². The van der Waals surface area contributed by atoms with E-state index in [0.29, 0.717) is 12.1 Å². The summed E-state index contributed by atoms with van der Waals surface area (Å²) in [6.45, 7) is 8.53. The molecule has 0 aromatic heterocycles. The number of likely N-dealkylation sites (N-methyl/N-ethyl adjacent to an activating group) is 3. The van der Waals surface area contributed by atoms with Crippen LogP contribution in [0.1, 0.15) is 0 Å². The van der Waals surface area contributed by atoms with Crippen LogP contribution in [-0.2, 0) is 4.74 Å². The molecule has 0 aromatic rings. The van der Waals surface area contributed by atoms with E-state index in [1.807, 2.05) is 0 Å². The van der Waals surface area contributed by atoms with E-state index in [2.05, 4.69) is 41.2 Å². The molecular formula is C13H28N4O. The highest BCUT2D eigenvalue weighted by molar-refractivity contribution is 4.81. The summed E-state index contributed by atoms with van der Waals surface area (Å²) in [5.74, 6) is 0. The minimum absolute atomic E-state index is 0.357. The fourth-order valence-corrected chi connectivity index (χ4v) is 2.72. The van der Waals surface area contributed by atoms with Crippen molar-refractivity contribution in [3.05, 3.63) is 0 Å². The van der Waals surface area contributed by atoms with Gasteiger partial charge in [-0.3, -0.25) is 4.90 Å². The van der Waals surface area contributed by atoms with Crippen LogP contribution in [-0.4, -0.2) is 100 Å². The Kier molecular flexibility index (Phi) is 5.38. The van der Waals surface area contributed by atoms with Crippen LogP contribution in [0.25, 0.3) is 0 Å². The Morgan fingerprint density at radius 1 is 1.00 bits per heavy atom. The first-order valence-electron chi connectivity index (χ1n) is 7.05. The van der Waals surface area contributed by atoms with E-state index in [9.17, 15) is 0 Å². The zero-order valence-corrected chi connectivity index (χ0v) is 12.1. The summed E-state index contributed by atoms with van der Waals surface area (Å²) in [5, 5.41) is 3.58. The molecule has 0 saturated carbocycles. The molecule has 0 aromatic carbocycles. The van der Waals surface area contributed by atoms with Gasteiger partial charge in [-0.1, -0.05) is 0 Å². The average Bonchev–Trinajstić information content (AvgIpc) is 2.34. The topological polar surface area (TPSA) is 31.0 Å². The summed E-state index contributed by atoms with van der Waals surface area (Å²) in [4.78, 5) is 7.22. The molecule has 2 saturated heterocycles. The average molecular weight is 256 g/mol. The highest BCUT2D eigenvalue weighted by Crippen LogP contribution is 2.05. The molecule has 18 heavy (non-hydrogen) atoms. The molecule has 0 aliphatic carbocycles. The number of nitrogens with one attached hydrogen (secondary N) is 1. The Morgan fingerprint density at radius 3 is 2.56 bits per heavy atom. The SMILES string of the molecule is CN1CCOC(CNCC2CN(C)CCN2C)C1. The van der Waals surface area contributed by atoms with E-state index in [1.54, 1.807) is 0 Å². The van der Waals surface area contributed by atoms with E-state index in [4.69, 9.17) is 4.74 Å². The van der Waals surface area contributed by atoms with E-state index < -0.39 is 0 Å². The summed E-state index contributed by atoms with van der Waals surface area (Å²) < 4.78 is 5.76. The molecule has 2 rings (SSSR count). The molecule has 106 valence electrons. The fourth-order valence-electron chi connectivity index (χ4n) is 2.72. The first-order valence-corrected chi connectivity index (χ1v) is 7.05. The molecular weight excluding hydrogens is 228 g/mol. The lowest BCUT2D eigenvalue weighted by atomic mass is 10.2. The van der Waals surface area contributed by atoms with E-state index in [0.717, 1.165) is 39.3 Å². The molecule has 0 amide bonds. The van der Waals surface area contributed by atoms with Gasteiger partial charge in [-0.25, -0.2) is 0 Å². The zero-order valence-electron chi connectivity index (χ0n) is 12.1. The van der Waals surface area contributed by atoms with Crippen molar-refractivity contribution in [3.8, 4) is 0 Å². The number of hydrogen-bond acceptors (Lipinski definition) is 5. The van der Waals surface area contributed by atoms with Gasteiger partial charge in [0.15, 0.2) is 0 Å². The number of piperazine rings is 1. The van der Waals surface area contributed by atoms with Crippen LogP contribution in [0.15, 0.2) is 0 Å². The highest BCUT2D eigenvalue weighted by Gasteiger charge is 2.22. The normalized spacial score (nSPS) is 32.8. The second-order valence-corrected chi connectivity index (χ2v) is 5.81. The molecule has 5 nitrogen and oxygen atoms in total. The molecule has 2 aliphatic heterocycles. The van der Waals surface area contributed by atoms with Gasteiger partial charge < -0.3 is 19.9 Å². The molecule has 2 atom stereocenters. The van der Waals surface area contributed by atoms with Crippen LogP contribution in [0.5, 0.6) is 0 Å². The van der Waals surface area contributed by atoms with Crippen LogP contribution in [0.4, 0.5) is 0 Å². The summed E-state index contributed by atoms with van der Waals surface area (Å²) in [6.07, 6.45) is 0.357. The minimum Gasteiger partial charge on any atom is -0.374 e. The fraction of sp³-hybridized carbons (Fsp3) is 1.00. The second-order valence-electron chi connectivity index (χ2n) is 5.81. The Balaban J connectivity index is 1.64. The van der Waals surface area contributed by atoms with Crippen molar-refractivity contribution >= 4 is 0 Å². The quantitative estimate of drug-likeness (QED) is 0.708. The lowest BCUT2D eigenvalue weighted by Gasteiger charge is -2.38. The predicted octanol–water partition coefficient (Wildman–Crippen LogP) is -0.848. The lowest BCUT2D eigenvalue weighted by Crippen LogP contribution is -2.55. The smallest absolute Gasteiger partial charge is 0.0826 e. The first-order chi connectivity index (χ1) is 8.65. The van der Waals surface area contributed by atoms with Crippen molar-refractivity contribution in [2.24, 2.45) is 0 Å². The summed E-state index contributed by atoms with van der Waals surface area (Å²) in [7, 11) is 6.60. The number of nitrogens with zero attached hydrogens (tertiary/aromatic N) is 3. The summed E-state index contributed by atoms with van der Waals surface area (Å²) >= 11 is 0. The monoisotopic (exact) mass is 256 g/mol. The van der Waals surface area contributed by atoms with Crippen molar-refractivity contribution in [1.29, 1.82) is 0 Å². The number of morpholine rings is 1. The Labute approximate surface area is 111 Å². The van der Waals surface area contributed by atoms with Crippen molar-refractivity contribution < 1.29 is 4.74 Å². The summed E-state index contributed by atoms with van der Waals surface area (Å²) in [5.41, 5.74) is 0. The molecule has 2 heterocycles. The Hall–Kier alpha value is -0.200. The molecule has 0 spiro atoms. The zero-order chi connectivity index (χ0) is 13.0. The largest absolute Gasteiger partial charge is 0.374 e. The molecule has 1 N–H and O–H groups in total. The maximum Gasteiger partial charge on any atom is 0.0826 e. The molecule has 5 heteroatoms. The van der Waals surface area contributed by atoms with Gasteiger partial charge in [0.25, 0.3) is 0 Å². The van der Waals surface area contributed by atoms with E-state index >= 15 is 0 Å². The first kappa shape index (κ1) is 14.2. The van der Waals surface area contributed by atoms with Gasteiger partial charge >= 0.3 is 0 Å². The minimum atomic E-state index is 0.357. The standard InChI is InChI=1S/C13H28N4O/c1-15-4-5-17(3)12(10-15)8-14-9-13-11-16(2)6-7-18-13/h12-14H,4-11H2,1-3H3. The van der Waals surface area contributed by atoms with Gasteiger partial charge in [-0.2, -0.15) is 0 Å². The summed E-state index contributed by atoms with van der Waals surface area (Å²) in [6, 6.07) is 0.630. The Bertz CT molecular complexity index is 251. The maximum atomic E-state index is 5.76. The maximum absolute atomic E-state index is 5.76. The molecule has 2 fully saturated rings. The van der Waals surface area contributed by atoms with Gasteiger partial charge in [-0.05, 0) is 21.1 Å². The van der Waals surface area contributed by atoms with Crippen LogP contribution in [0.2, 0.25) is 0 Å². The number of rotatable bonds is 4. The van der Waals surface area contributed by atoms with E-state index in [-0.39, 0.29) is 0 Å². The highest BCUT2D eigenvalue weighted by atomic mass is 16.5. The van der Waals surface area contributed by atoms with Crippen LogP contribution in [0.3, 0.4) is 0 Å². The second kappa shape index (κ2) is 6.82. The van der Waals surface area contributed by atoms with Crippen LogP contribution < -0.4 is 5.32 Å². The van der Waals surface area contributed by atoms with Gasteiger partial charge in [0.05, 0.1) is 12.7 Å². The number of hydrogen-bond donors (Lipinski definition) is 1. The van der Waals surface area contributed by atoms with Gasteiger partial charge in [-0.15, -0.1) is 0 Å². The third-order valence-corrected chi connectivity index (χ3v) is 4.07. The third-order valence-electron chi connectivity index (χ3n) is 4.07. The van der Waals surface area contributed by atoms with Crippen molar-refractivity contribution in [1.82, 2.24) is 20.0 Å². The van der Waals surface area contributed by atoms with Crippen LogP contribution in [0, 0.1) is 0 Å². The lowest BCUT2D eigenvalue weighted by molar-refractivity contribution is -0.0191. The van der Waals surface area contributed by atoms with Crippen molar-refractivity contribution in [2.75, 3.05) is 73.6 Å². The molecule has 2 unspecified atom stereocenters. The molecule has 0 bridgehead atoms.